The van der Waals surface area contributed by atoms with Gasteiger partial charge in [-0.05, 0) is 18.6 Å². The molecule has 0 aliphatic heterocycles. The van der Waals surface area contributed by atoms with Gasteiger partial charge in [-0.3, -0.25) is 4.79 Å². The zero-order valence-electron chi connectivity index (χ0n) is 11.8. The lowest BCUT2D eigenvalue weighted by atomic mass is 10.1. The number of carbonyl (C=O) groups excluding carboxylic acids is 1. The van der Waals surface area contributed by atoms with E-state index in [4.69, 9.17) is 26.8 Å². The van der Waals surface area contributed by atoms with Crippen molar-refractivity contribution in [3.8, 4) is 5.75 Å². The largest absolute Gasteiger partial charge is 0.487 e. The van der Waals surface area contributed by atoms with Crippen LogP contribution in [0.3, 0.4) is 0 Å². The monoisotopic (exact) mass is 300 g/mol. The molecule has 1 atom stereocenters. The molecule has 5 nitrogen and oxygen atoms in total. The molecular formula is C14H21ClN2O3. The standard InChI is InChI=1S/C14H21ClN2O3/c1-3-5-11(16)14(18)17-12-7-4-6-10(15)13(12)20-9-8-19-2/h4,6-7,11H,3,5,8-9,16H2,1-2H3,(H,17,18). The number of nitrogens with two attached hydrogens (primary N) is 1. The normalized spacial score (nSPS) is 12.0. The van der Waals surface area contributed by atoms with Crippen LogP contribution in [-0.4, -0.2) is 32.3 Å². The number of amides is 1. The van der Waals surface area contributed by atoms with Gasteiger partial charge in [0, 0.05) is 7.11 Å². The second kappa shape index (κ2) is 8.79. The van der Waals surface area contributed by atoms with Crippen molar-refractivity contribution in [2.75, 3.05) is 25.6 Å². The molecule has 1 aromatic carbocycles. The van der Waals surface area contributed by atoms with Crippen LogP contribution >= 0.6 is 11.6 Å². The first-order valence-electron chi connectivity index (χ1n) is 6.56. The zero-order valence-corrected chi connectivity index (χ0v) is 12.6. The number of carbonyl (C=O) groups is 1. The number of ether oxygens (including phenoxy) is 2. The van der Waals surface area contributed by atoms with Crippen molar-refractivity contribution in [3.05, 3.63) is 23.2 Å². The van der Waals surface area contributed by atoms with Gasteiger partial charge in [-0.25, -0.2) is 0 Å². The Bertz CT molecular complexity index is 440. The van der Waals surface area contributed by atoms with Gasteiger partial charge >= 0.3 is 0 Å². The first kappa shape index (κ1) is 16.8. The van der Waals surface area contributed by atoms with Gasteiger partial charge in [0.2, 0.25) is 5.91 Å². The Morgan fingerprint density at radius 2 is 2.20 bits per heavy atom. The number of para-hydroxylation sites is 1. The maximum atomic E-state index is 11.9. The van der Waals surface area contributed by atoms with Gasteiger partial charge in [0.05, 0.1) is 23.4 Å². The first-order valence-corrected chi connectivity index (χ1v) is 6.94. The van der Waals surface area contributed by atoms with Crippen molar-refractivity contribution in [2.45, 2.75) is 25.8 Å². The molecule has 1 aromatic rings. The van der Waals surface area contributed by atoms with Crippen LogP contribution in [0.2, 0.25) is 5.02 Å². The van der Waals surface area contributed by atoms with Gasteiger partial charge in [0.1, 0.15) is 6.61 Å². The van der Waals surface area contributed by atoms with Gasteiger partial charge in [-0.2, -0.15) is 0 Å². The quantitative estimate of drug-likeness (QED) is 0.723. The van der Waals surface area contributed by atoms with Crippen LogP contribution in [-0.2, 0) is 9.53 Å². The second-order valence-electron chi connectivity index (χ2n) is 4.34. The van der Waals surface area contributed by atoms with E-state index in [2.05, 4.69) is 5.32 Å². The van der Waals surface area contributed by atoms with Crippen LogP contribution in [0.25, 0.3) is 0 Å². The van der Waals surface area contributed by atoms with E-state index in [9.17, 15) is 4.79 Å². The van der Waals surface area contributed by atoms with Crippen LogP contribution in [0.15, 0.2) is 18.2 Å². The number of nitrogens with one attached hydrogen (secondary N) is 1. The minimum Gasteiger partial charge on any atom is -0.487 e. The van der Waals surface area contributed by atoms with E-state index in [1.165, 1.54) is 0 Å². The third-order valence-electron chi connectivity index (χ3n) is 2.70. The summed E-state index contributed by atoms with van der Waals surface area (Å²) < 4.78 is 10.5. The molecule has 1 amide bonds. The van der Waals surface area contributed by atoms with E-state index in [-0.39, 0.29) is 5.91 Å². The molecule has 0 heterocycles. The van der Waals surface area contributed by atoms with Crippen LogP contribution < -0.4 is 15.8 Å². The fourth-order valence-corrected chi connectivity index (χ4v) is 1.88. The van der Waals surface area contributed by atoms with Gasteiger partial charge < -0.3 is 20.5 Å². The molecule has 1 unspecified atom stereocenters. The summed E-state index contributed by atoms with van der Waals surface area (Å²) in [4.78, 5) is 11.9. The van der Waals surface area contributed by atoms with E-state index < -0.39 is 6.04 Å². The summed E-state index contributed by atoms with van der Waals surface area (Å²) in [7, 11) is 1.59. The Labute approximate surface area is 124 Å². The minimum atomic E-state index is -0.536. The average Bonchev–Trinajstić information content (AvgIpc) is 2.42. The SMILES string of the molecule is CCCC(N)C(=O)Nc1cccc(Cl)c1OCCOC. The molecule has 0 aromatic heterocycles. The maximum absolute atomic E-state index is 11.9. The lowest BCUT2D eigenvalue weighted by Crippen LogP contribution is -2.35. The lowest BCUT2D eigenvalue weighted by molar-refractivity contribution is -0.117. The van der Waals surface area contributed by atoms with Crippen LogP contribution in [0.5, 0.6) is 5.75 Å². The fraction of sp³-hybridized carbons (Fsp3) is 0.500. The minimum absolute atomic E-state index is 0.245. The van der Waals surface area contributed by atoms with Crippen molar-refractivity contribution in [1.82, 2.24) is 0 Å². The van der Waals surface area contributed by atoms with E-state index in [1.54, 1.807) is 25.3 Å². The zero-order chi connectivity index (χ0) is 15.0. The molecule has 0 saturated carbocycles. The summed E-state index contributed by atoms with van der Waals surface area (Å²) in [6, 6.07) is 4.63. The second-order valence-corrected chi connectivity index (χ2v) is 4.75. The number of hydrogen-bond donors (Lipinski definition) is 2. The summed E-state index contributed by atoms with van der Waals surface area (Å²) >= 11 is 6.08. The molecule has 0 saturated heterocycles. The molecule has 0 fully saturated rings. The smallest absolute Gasteiger partial charge is 0.241 e. The highest BCUT2D eigenvalue weighted by atomic mass is 35.5. The molecule has 112 valence electrons. The topological polar surface area (TPSA) is 73.6 Å². The van der Waals surface area contributed by atoms with Gasteiger partial charge in [-0.15, -0.1) is 0 Å². The summed E-state index contributed by atoms with van der Waals surface area (Å²) in [5, 5.41) is 3.18. The Morgan fingerprint density at radius 3 is 2.85 bits per heavy atom. The fourth-order valence-electron chi connectivity index (χ4n) is 1.65. The number of hydrogen-bond acceptors (Lipinski definition) is 4. The number of rotatable bonds is 8. The van der Waals surface area contributed by atoms with Crippen LogP contribution in [0.1, 0.15) is 19.8 Å². The summed E-state index contributed by atoms with van der Waals surface area (Å²) in [6.07, 6.45) is 1.48. The van der Waals surface area contributed by atoms with E-state index >= 15 is 0 Å². The van der Waals surface area contributed by atoms with Crippen molar-refractivity contribution in [2.24, 2.45) is 5.73 Å². The molecule has 0 aliphatic rings. The molecule has 0 bridgehead atoms. The number of halogens is 1. The summed E-state index contributed by atoms with van der Waals surface area (Å²) in [5.74, 6) is 0.189. The number of anilines is 1. The first-order chi connectivity index (χ1) is 9.60. The summed E-state index contributed by atoms with van der Waals surface area (Å²) in [5.41, 5.74) is 6.30. The van der Waals surface area contributed by atoms with Gasteiger partial charge in [0.25, 0.3) is 0 Å². The summed E-state index contributed by atoms with van der Waals surface area (Å²) in [6.45, 7) is 2.77. The highest BCUT2D eigenvalue weighted by Gasteiger charge is 2.16. The molecule has 1 rings (SSSR count). The molecule has 6 heteroatoms. The lowest BCUT2D eigenvalue weighted by Gasteiger charge is -2.16. The van der Waals surface area contributed by atoms with E-state index in [0.717, 1.165) is 6.42 Å². The predicted octanol–water partition coefficient (Wildman–Crippen LogP) is 2.43. The van der Waals surface area contributed by atoms with Gasteiger partial charge in [-0.1, -0.05) is 31.0 Å². The highest BCUT2D eigenvalue weighted by molar-refractivity contribution is 6.32. The van der Waals surface area contributed by atoms with Crippen LogP contribution in [0, 0.1) is 0 Å². The van der Waals surface area contributed by atoms with Crippen molar-refractivity contribution < 1.29 is 14.3 Å². The average molecular weight is 301 g/mol. The maximum Gasteiger partial charge on any atom is 0.241 e. The van der Waals surface area contributed by atoms with Gasteiger partial charge in [0.15, 0.2) is 5.75 Å². The Morgan fingerprint density at radius 1 is 1.45 bits per heavy atom. The van der Waals surface area contributed by atoms with E-state index in [1.807, 2.05) is 6.92 Å². The Kier molecular flexibility index (Phi) is 7.36. The van der Waals surface area contributed by atoms with E-state index in [0.29, 0.717) is 36.1 Å². The molecule has 0 aliphatic carbocycles. The van der Waals surface area contributed by atoms with Crippen molar-refractivity contribution in [1.29, 1.82) is 0 Å². The molecule has 3 N–H and O–H groups in total. The highest BCUT2D eigenvalue weighted by Crippen LogP contribution is 2.33. The molecule has 20 heavy (non-hydrogen) atoms. The number of methoxy groups -OCH3 is 1. The third kappa shape index (κ3) is 5.00. The molecule has 0 radical (unpaired) electrons. The molecular weight excluding hydrogens is 280 g/mol. The van der Waals surface area contributed by atoms with Crippen molar-refractivity contribution >= 4 is 23.2 Å². The Hall–Kier alpha value is -1.30. The van der Waals surface area contributed by atoms with Crippen molar-refractivity contribution in [3.63, 3.8) is 0 Å². The predicted molar refractivity (Wildman–Crippen MR) is 80.3 cm³/mol. The Balaban J connectivity index is 2.78. The molecule has 0 spiro atoms. The van der Waals surface area contributed by atoms with Crippen LogP contribution in [0.4, 0.5) is 5.69 Å². The number of benzene rings is 1. The third-order valence-corrected chi connectivity index (χ3v) is 2.99.